The number of fused-ring (bicyclic) bond motifs is 1. The minimum atomic E-state index is -0.230. The molecule has 156 valence electrons. The number of hydrogen-bond donors (Lipinski definition) is 0. The van der Waals surface area contributed by atoms with Crippen LogP contribution in [0.15, 0.2) is 71.1 Å². The number of rotatable bonds is 7. The van der Waals surface area contributed by atoms with Crippen molar-refractivity contribution in [1.82, 2.24) is 4.98 Å². The highest BCUT2D eigenvalue weighted by Gasteiger charge is 2.21. The summed E-state index contributed by atoms with van der Waals surface area (Å²) in [7, 11) is 4.73. The summed E-state index contributed by atoms with van der Waals surface area (Å²) in [5.41, 5.74) is 2.77. The van der Waals surface area contributed by atoms with Crippen LogP contribution in [0, 0.1) is 0 Å². The van der Waals surface area contributed by atoms with E-state index in [0.29, 0.717) is 45.0 Å². The molecule has 0 bridgehead atoms. The predicted molar refractivity (Wildman–Crippen MR) is 119 cm³/mol. The van der Waals surface area contributed by atoms with Crippen molar-refractivity contribution in [1.29, 1.82) is 0 Å². The Bertz CT molecular complexity index is 1220. The summed E-state index contributed by atoms with van der Waals surface area (Å²) in [6.45, 7) is 0. The van der Waals surface area contributed by atoms with E-state index in [4.69, 9.17) is 18.6 Å². The number of Topliss-reactive ketones (excluding diaryl/α,β-unsaturated/α-hetero) is 1. The van der Waals surface area contributed by atoms with Gasteiger partial charge < -0.3 is 18.6 Å². The highest BCUT2D eigenvalue weighted by atomic mass is 16.5. The van der Waals surface area contributed by atoms with Gasteiger partial charge in [-0.25, -0.2) is 4.98 Å². The fourth-order valence-corrected chi connectivity index (χ4v) is 3.20. The van der Waals surface area contributed by atoms with Crippen molar-refractivity contribution in [3.63, 3.8) is 0 Å². The maximum absolute atomic E-state index is 13.5. The highest BCUT2D eigenvalue weighted by Crippen LogP contribution is 2.31. The molecule has 0 N–H and O–H groups in total. The number of carbonyl (C=O) groups is 1. The van der Waals surface area contributed by atoms with E-state index in [2.05, 4.69) is 4.98 Å². The molecule has 0 spiro atoms. The van der Waals surface area contributed by atoms with Crippen LogP contribution in [0.5, 0.6) is 17.2 Å². The number of oxazole rings is 1. The van der Waals surface area contributed by atoms with Crippen molar-refractivity contribution in [2.45, 2.75) is 0 Å². The third-order valence-electron chi connectivity index (χ3n) is 4.86. The maximum atomic E-state index is 13.5. The molecule has 0 radical (unpaired) electrons. The van der Waals surface area contributed by atoms with Gasteiger partial charge in [0, 0.05) is 17.2 Å². The van der Waals surface area contributed by atoms with Gasteiger partial charge in [-0.1, -0.05) is 12.1 Å². The Hall–Kier alpha value is -4.06. The fraction of sp³-hybridized carbons (Fsp3) is 0.120. The lowest BCUT2D eigenvalue weighted by molar-refractivity contribution is 0.105. The molecule has 0 atom stereocenters. The van der Waals surface area contributed by atoms with E-state index in [1.807, 2.05) is 30.3 Å². The number of allylic oxidation sites excluding steroid dienone is 1. The minimum Gasteiger partial charge on any atom is -0.497 e. The Labute approximate surface area is 179 Å². The average Bonchev–Trinajstić information content (AvgIpc) is 3.26. The van der Waals surface area contributed by atoms with Gasteiger partial charge in [0.05, 0.1) is 26.9 Å². The Morgan fingerprint density at radius 3 is 2.26 bits per heavy atom. The SMILES string of the molecule is COc1ccc(C(=O)/C(=C/c2ccc(OC)cc2OC)c2nc3ccccc3o2)cc1. The first-order chi connectivity index (χ1) is 15.1. The fourth-order valence-electron chi connectivity index (χ4n) is 3.20. The molecule has 0 aliphatic carbocycles. The van der Waals surface area contributed by atoms with Crippen LogP contribution in [0.4, 0.5) is 0 Å². The molecular formula is C25H21NO5. The first-order valence-corrected chi connectivity index (χ1v) is 9.61. The van der Waals surface area contributed by atoms with Gasteiger partial charge in [-0.05, 0) is 54.6 Å². The molecule has 0 aliphatic heterocycles. The zero-order valence-electron chi connectivity index (χ0n) is 17.4. The highest BCUT2D eigenvalue weighted by molar-refractivity contribution is 6.31. The summed E-state index contributed by atoms with van der Waals surface area (Å²) in [6, 6.07) is 19.7. The smallest absolute Gasteiger partial charge is 0.231 e. The molecule has 31 heavy (non-hydrogen) atoms. The van der Waals surface area contributed by atoms with Crippen LogP contribution >= 0.6 is 0 Å². The number of aromatic nitrogens is 1. The molecule has 0 fully saturated rings. The van der Waals surface area contributed by atoms with Crippen LogP contribution in [0.3, 0.4) is 0 Å². The van der Waals surface area contributed by atoms with Crippen molar-refractivity contribution in [2.24, 2.45) is 0 Å². The monoisotopic (exact) mass is 415 g/mol. The van der Waals surface area contributed by atoms with E-state index in [9.17, 15) is 4.79 Å². The van der Waals surface area contributed by atoms with E-state index in [-0.39, 0.29) is 11.7 Å². The minimum absolute atomic E-state index is 0.230. The number of methoxy groups -OCH3 is 3. The molecule has 0 saturated carbocycles. The van der Waals surface area contributed by atoms with Crippen LogP contribution in [-0.2, 0) is 0 Å². The average molecular weight is 415 g/mol. The van der Waals surface area contributed by atoms with Crippen molar-refractivity contribution in [3.05, 3.63) is 83.7 Å². The van der Waals surface area contributed by atoms with E-state index in [1.54, 1.807) is 63.8 Å². The van der Waals surface area contributed by atoms with Gasteiger partial charge >= 0.3 is 0 Å². The standard InChI is InChI=1S/C25H21NO5/c1-28-18-11-8-16(9-12-18)24(27)20(25-26-21-6-4-5-7-22(21)31-25)14-17-10-13-19(29-2)15-23(17)30-3/h4-15H,1-3H3/b20-14-. The van der Waals surface area contributed by atoms with E-state index in [1.165, 1.54) is 0 Å². The molecule has 6 heteroatoms. The maximum Gasteiger partial charge on any atom is 0.231 e. The first kappa shape index (κ1) is 20.2. The number of ether oxygens (including phenoxy) is 3. The Morgan fingerprint density at radius 1 is 0.871 bits per heavy atom. The second kappa shape index (κ2) is 8.75. The summed E-state index contributed by atoms with van der Waals surface area (Å²) in [5, 5.41) is 0. The number of nitrogens with zero attached hydrogens (tertiary/aromatic N) is 1. The zero-order chi connectivity index (χ0) is 21.8. The molecule has 4 rings (SSSR count). The van der Waals surface area contributed by atoms with Crippen molar-refractivity contribution >= 4 is 28.5 Å². The van der Waals surface area contributed by atoms with Gasteiger partial charge in [0.2, 0.25) is 5.89 Å². The summed E-state index contributed by atoms with van der Waals surface area (Å²) in [5.74, 6) is 1.89. The van der Waals surface area contributed by atoms with Crippen LogP contribution in [0.2, 0.25) is 0 Å². The molecule has 1 aromatic heterocycles. The third kappa shape index (κ3) is 4.14. The lowest BCUT2D eigenvalue weighted by Gasteiger charge is -2.09. The predicted octanol–water partition coefficient (Wildman–Crippen LogP) is 5.28. The molecule has 0 saturated heterocycles. The zero-order valence-corrected chi connectivity index (χ0v) is 17.4. The Morgan fingerprint density at radius 2 is 1.58 bits per heavy atom. The van der Waals surface area contributed by atoms with Crippen molar-refractivity contribution < 1.29 is 23.4 Å². The lowest BCUT2D eigenvalue weighted by Crippen LogP contribution is -2.04. The summed E-state index contributed by atoms with van der Waals surface area (Å²) in [4.78, 5) is 18.0. The molecule has 3 aromatic carbocycles. The normalized spacial score (nSPS) is 11.4. The van der Waals surface area contributed by atoms with Gasteiger partial charge in [0.1, 0.15) is 22.8 Å². The van der Waals surface area contributed by atoms with Crippen molar-refractivity contribution in [2.75, 3.05) is 21.3 Å². The van der Waals surface area contributed by atoms with Gasteiger partial charge in [-0.15, -0.1) is 0 Å². The van der Waals surface area contributed by atoms with Crippen LogP contribution in [-0.4, -0.2) is 32.1 Å². The third-order valence-corrected chi connectivity index (χ3v) is 4.86. The van der Waals surface area contributed by atoms with E-state index < -0.39 is 0 Å². The summed E-state index contributed by atoms with van der Waals surface area (Å²) >= 11 is 0. The number of ketones is 1. The summed E-state index contributed by atoms with van der Waals surface area (Å²) < 4.78 is 21.9. The van der Waals surface area contributed by atoms with E-state index >= 15 is 0 Å². The van der Waals surface area contributed by atoms with Gasteiger partial charge in [-0.2, -0.15) is 0 Å². The second-order valence-corrected chi connectivity index (χ2v) is 6.71. The largest absolute Gasteiger partial charge is 0.497 e. The quantitative estimate of drug-likeness (QED) is 0.302. The van der Waals surface area contributed by atoms with Gasteiger partial charge in [-0.3, -0.25) is 4.79 Å². The molecule has 0 amide bonds. The number of carbonyl (C=O) groups excluding carboxylic acids is 1. The topological polar surface area (TPSA) is 70.8 Å². The molecule has 1 heterocycles. The molecule has 0 aliphatic rings. The number of hydrogen-bond acceptors (Lipinski definition) is 6. The number of benzene rings is 3. The second-order valence-electron chi connectivity index (χ2n) is 6.71. The lowest BCUT2D eigenvalue weighted by atomic mass is 10.00. The van der Waals surface area contributed by atoms with E-state index in [0.717, 1.165) is 0 Å². The molecular weight excluding hydrogens is 394 g/mol. The molecule has 6 nitrogen and oxygen atoms in total. The van der Waals surface area contributed by atoms with Gasteiger partial charge in [0.25, 0.3) is 0 Å². The number of para-hydroxylation sites is 2. The summed E-state index contributed by atoms with van der Waals surface area (Å²) in [6.07, 6.45) is 1.72. The molecule has 0 unspecified atom stereocenters. The molecule has 4 aromatic rings. The Balaban J connectivity index is 1.86. The first-order valence-electron chi connectivity index (χ1n) is 9.61. The van der Waals surface area contributed by atoms with Crippen molar-refractivity contribution in [3.8, 4) is 17.2 Å². The van der Waals surface area contributed by atoms with Crippen LogP contribution in [0.25, 0.3) is 22.7 Å². The Kier molecular flexibility index (Phi) is 5.71. The van der Waals surface area contributed by atoms with Crippen LogP contribution < -0.4 is 14.2 Å². The van der Waals surface area contributed by atoms with Gasteiger partial charge in [0.15, 0.2) is 11.4 Å². The van der Waals surface area contributed by atoms with Crippen LogP contribution in [0.1, 0.15) is 21.8 Å².